The Morgan fingerprint density at radius 3 is 1.91 bits per heavy atom. The lowest BCUT2D eigenvalue weighted by atomic mass is 9.97. The van der Waals surface area contributed by atoms with Gasteiger partial charge in [-0.15, -0.1) is 0 Å². The van der Waals surface area contributed by atoms with Crippen molar-refractivity contribution in [1.29, 1.82) is 0 Å². The monoisotopic (exact) mass is 610 g/mol. The molecule has 1 aliphatic heterocycles. The fourth-order valence-corrected chi connectivity index (χ4v) is 3.79. The lowest BCUT2D eigenvalue weighted by Gasteiger charge is -2.43. The first-order valence-electron chi connectivity index (χ1n) is 9.86. The minimum absolute atomic E-state index is 0.163. The molecule has 1 fully saturated rings. The molecule has 0 spiro atoms. The van der Waals surface area contributed by atoms with Crippen LogP contribution in [0.3, 0.4) is 0 Å². The van der Waals surface area contributed by atoms with Crippen molar-refractivity contribution >= 4 is 55.7 Å². The Bertz CT molecular complexity index is 920. The number of rotatable bonds is 8. The van der Waals surface area contributed by atoms with Crippen LogP contribution in [0.4, 0.5) is 0 Å². The molecule has 11 nitrogen and oxygen atoms in total. The van der Waals surface area contributed by atoms with Crippen molar-refractivity contribution in [3.05, 3.63) is 23.8 Å². The molecular weight excluding hydrogens is 588 g/mol. The molecule has 0 saturated carbocycles. The number of esters is 4. The molecule has 2 rings (SSSR count). The van der Waals surface area contributed by atoms with E-state index in [1.165, 1.54) is 7.11 Å². The molecule has 1 saturated heterocycles. The van der Waals surface area contributed by atoms with Gasteiger partial charge in [0.25, 0.3) is 0 Å². The molecule has 0 aromatic heterocycles. The zero-order valence-electron chi connectivity index (χ0n) is 18.9. The third-order valence-electron chi connectivity index (χ3n) is 4.52. The van der Waals surface area contributed by atoms with E-state index in [2.05, 4.69) is 31.9 Å². The highest BCUT2D eigenvalue weighted by atomic mass is 79.9. The number of benzene rings is 1. The van der Waals surface area contributed by atoms with Crippen LogP contribution in [0.15, 0.2) is 18.2 Å². The highest BCUT2D eigenvalue weighted by Crippen LogP contribution is 2.38. The number of carbonyl (C=O) groups is 4. The minimum Gasteiger partial charge on any atom is -0.493 e. The lowest BCUT2D eigenvalue weighted by molar-refractivity contribution is -0.282. The fraction of sp³-hybridized carbons (Fsp3) is 0.524. The molecule has 1 aliphatic rings. The molecular formula is C21H24Br2O11. The van der Waals surface area contributed by atoms with Gasteiger partial charge < -0.3 is 33.2 Å². The summed E-state index contributed by atoms with van der Waals surface area (Å²) in [5.41, 5.74) is 0.811. The van der Waals surface area contributed by atoms with E-state index in [1.54, 1.807) is 18.2 Å². The van der Waals surface area contributed by atoms with Crippen LogP contribution >= 0.6 is 31.9 Å². The van der Waals surface area contributed by atoms with E-state index in [-0.39, 0.29) is 9.49 Å². The molecule has 1 heterocycles. The number of hydrogen-bond donors (Lipinski definition) is 0. The number of methoxy groups -OCH3 is 2. The molecule has 0 radical (unpaired) electrons. The fourth-order valence-electron chi connectivity index (χ4n) is 3.22. The van der Waals surface area contributed by atoms with Crippen molar-refractivity contribution in [3.63, 3.8) is 0 Å². The Balaban J connectivity index is 2.55. The zero-order valence-corrected chi connectivity index (χ0v) is 22.1. The summed E-state index contributed by atoms with van der Waals surface area (Å²) in [5, 5.41) is 0. The first kappa shape index (κ1) is 27.9. The highest BCUT2D eigenvalue weighted by molar-refractivity contribution is 9.24. The smallest absolute Gasteiger partial charge is 0.339 e. The second-order valence-electron chi connectivity index (χ2n) is 7.00. The minimum atomic E-state index is -1.56. The molecule has 13 heteroatoms. The van der Waals surface area contributed by atoms with Crippen LogP contribution in [0.2, 0.25) is 0 Å². The van der Waals surface area contributed by atoms with Gasteiger partial charge in [-0.3, -0.25) is 14.4 Å². The molecule has 0 N–H and O–H groups in total. The highest BCUT2D eigenvalue weighted by Gasteiger charge is 2.56. The van der Waals surface area contributed by atoms with Crippen LogP contribution < -0.4 is 9.47 Å². The van der Waals surface area contributed by atoms with Gasteiger partial charge in [0.2, 0.25) is 12.4 Å². The van der Waals surface area contributed by atoms with Crippen LogP contribution in [0.25, 0.3) is 0 Å². The first-order chi connectivity index (χ1) is 16.0. The van der Waals surface area contributed by atoms with Gasteiger partial charge in [-0.05, 0) is 17.7 Å². The molecule has 0 amide bonds. The van der Waals surface area contributed by atoms with Crippen LogP contribution in [0.5, 0.6) is 11.5 Å². The average Bonchev–Trinajstić information content (AvgIpc) is 2.76. The molecule has 188 valence electrons. The van der Waals surface area contributed by atoms with Crippen molar-refractivity contribution in [3.8, 4) is 11.5 Å². The zero-order chi connectivity index (χ0) is 25.6. The molecule has 1 aromatic carbocycles. The van der Waals surface area contributed by atoms with Gasteiger partial charge in [0.05, 0.1) is 18.0 Å². The molecule has 5 atom stereocenters. The van der Waals surface area contributed by atoms with E-state index in [9.17, 15) is 19.2 Å². The maximum absolute atomic E-state index is 12.5. The second-order valence-corrected chi connectivity index (χ2v) is 10.1. The standard InChI is InChI=1S/C21H24Br2O11/c1-9(24)30-15-16(31-10(2)25)18(32-11(3)26)21(34-17(15)20(27)29-5)33-13-7-6-12(19(22)23)8-14(13)28-4/h6-8,15-19,21H,1-5H3/t15-,16-,17-,18+,21+/m0/s1. The molecule has 1 aromatic rings. The summed E-state index contributed by atoms with van der Waals surface area (Å²) in [7, 11) is 2.52. The van der Waals surface area contributed by atoms with E-state index in [1.807, 2.05) is 0 Å². The van der Waals surface area contributed by atoms with E-state index in [0.29, 0.717) is 5.75 Å². The van der Waals surface area contributed by atoms with Gasteiger partial charge in [0, 0.05) is 20.8 Å². The summed E-state index contributed by atoms with van der Waals surface area (Å²) in [5.74, 6) is -2.80. The van der Waals surface area contributed by atoms with Crippen LogP contribution in [-0.4, -0.2) is 68.8 Å². The van der Waals surface area contributed by atoms with Gasteiger partial charge in [0.15, 0.2) is 29.8 Å². The summed E-state index contributed by atoms with van der Waals surface area (Å²) in [6, 6.07) is 4.97. The van der Waals surface area contributed by atoms with Crippen molar-refractivity contribution in [2.24, 2.45) is 0 Å². The Morgan fingerprint density at radius 2 is 1.41 bits per heavy atom. The largest absolute Gasteiger partial charge is 0.493 e. The molecule has 0 unspecified atom stereocenters. The quantitative estimate of drug-likeness (QED) is 0.244. The number of halogens is 2. The number of carbonyl (C=O) groups excluding carboxylic acids is 4. The van der Waals surface area contributed by atoms with Crippen molar-refractivity contribution in [2.75, 3.05) is 14.2 Å². The molecule has 0 bridgehead atoms. The summed E-state index contributed by atoms with van der Waals surface area (Å²) >= 11 is 6.78. The second kappa shape index (κ2) is 12.4. The third kappa shape index (κ3) is 7.06. The van der Waals surface area contributed by atoms with E-state index >= 15 is 0 Å². The first-order valence-corrected chi connectivity index (χ1v) is 11.7. The normalized spacial score (nSPS) is 24.1. The average molecular weight is 612 g/mol. The van der Waals surface area contributed by atoms with Crippen molar-refractivity contribution in [1.82, 2.24) is 0 Å². The summed E-state index contributed by atoms with van der Waals surface area (Å²) in [6.07, 6.45) is -7.39. The van der Waals surface area contributed by atoms with E-state index < -0.39 is 54.6 Å². The maximum atomic E-state index is 12.5. The van der Waals surface area contributed by atoms with Gasteiger partial charge in [0.1, 0.15) is 0 Å². The maximum Gasteiger partial charge on any atom is 0.339 e. The summed E-state index contributed by atoms with van der Waals surface area (Å²) in [6.45, 7) is 3.32. The number of hydrogen-bond acceptors (Lipinski definition) is 11. The van der Waals surface area contributed by atoms with Gasteiger partial charge in [-0.25, -0.2) is 4.79 Å². The Hall–Kier alpha value is -2.38. The topological polar surface area (TPSA) is 133 Å². The van der Waals surface area contributed by atoms with Crippen molar-refractivity contribution in [2.45, 2.75) is 55.2 Å². The summed E-state index contributed by atoms with van der Waals surface area (Å²) in [4.78, 5) is 48.0. The summed E-state index contributed by atoms with van der Waals surface area (Å²) < 4.78 is 37.5. The number of ether oxygens (including phenoxy) is 7. The predicted molar refractivity (Wildman–Crippen MR) is 122 cm³/mol. The SMILES string of the molecule is COC(=O)[C@H]1O[C@@H](Oc2ccc(C(Br)Br)cc2OC)[C@H](OC(C)=O)[C@@H](OC(C)=O)[C@@H]1OC(C)=O. The van der Waals surface area contributed by atoms with E-state index in [0.717, 1.165) is 33.4 Å². The number of alkyl halides is 2. The predicted octanol–water partition coefficient (Wildman–Crippen LogP) is 2.56. The van der Waals surface area contributed by atoms with Crippen LogP contribution in [0, 0.1) is 0 Å². The van der Waals surface area contributed by atoms with Crippen LogP contribution in [0.1, 0.15) is 30.1 Å². The molecule has 0 aliphatic carbocycles. The van der Waals surface area contributed by atoms with Gasteiger partial charge in [-0.1, -0.05) is 37.9 Å². The Kier molecular flexibility index (Phi) is 10.1. The van der Waals surface area contributed by atoms with E-state index in [4.69, 9.17) is 33.2 Å². The molecule has 34 heavy (non-hydrogen) atoms. The van der Waals surface area contributed by atoms with Gasteiger partial charge >= 0.3 is 23.9 Å². The Labute approximate surface area is 212 Å². The third-order valence-corrected chi connectivity index (χ3v) is 5.57. The van der Waals surface area contributed by atoms with Gasteiger partial charge in [-0.2, -0.15) is 0 Å². The van der Waals surface area contributed by atoms with Crippen LogP contribution in [-0.2, 0) is 42.9 Å². The Morgan fingerprint density at radius 1 is 0.853 bits per heavy atom. The lowest BCUT2D eigenvalue weighted by Crippen LogP contribution is -2.64. The van der Waals surface area contributed by atoms with Crippen molar-refractivity contribution < 1.29 is 52.3 Å².